The van der Waals surface area contributed by atoms with Crippen molar-refractivity contribution in [3.8, 4) is 0 Å². The summed E-state index contributed by atoms with van der Waals surface area (Å²) >= 11 is 0. The molecule has 0 amide bonds. The second-order valence-electron chi connectivity index (χ2n) is 9.64. The van der Waals surface area contributed by atoms with E-state index in [-0.39, 0.29) is 38.4 Å². The lowest BCUT2D eigenvalue weighted by Crippen LogP contribution is -2.35. The molecule has 2 aromatic heterocycles. The quantitative estimate of drug-likeness (QED) is 0.123. The molecule has 0 atom stereocenters. The normalized spacial score (nSPS) is 13.4. The molecular formula is C26H45ClN12O2S. The Balaban J connectivity index is 0.00000370. The number of nitrogens with one attached hydrogen (secondary N) is 3. The molecule has 4 aromatic rings. The van der Waals surface area contributed by atoms with Gasteiger partial charge >= 0.3 is 0 Å². The topological polar surface area (TPSA) is 251 Å². The lowest BCUT2D eigenvalue weighted by Gasteiger charge is -2.25. The molecular weight excluding hydrogens is 580 g/mol. The molecule has 2 heterocycles. The number of aromatic nitrogens is 5. The van der Waals surface area contributed by atoms with E-state index in [1.165, 1.54) is 6.42 Å². The van der Waals surface area contributed by atoms with E-state index in [4.69, 9.17) is 21.4 Å². The molecule has 1 aliphatic rings. The molecule has 1 aliphatic carbocycles. The number of nitrogens with zero attached hydrogens (tertiary/aromatic N) is 5. The van der Waals surface area contributed by atoms with Crippen LogP contribution in [0.3, 0.4) is 0 Å². The van der Waals surface area contributed by atoms with Crippen LogP contribution in [-0.2, 0) is 10.0 Å². The van der Waals surface area contributed by atoms with Crippen LogP contribution < -0.4 is 38.7 Å². The Morgan fingerprint density at radius 1 is 0.929 bits per heavy atom. The summed E-state index contributed by atoms with van der Waals surface area (Å²) in [7, 11) is -3.79. The molecule has 0 aliphatic heterocycles. The Bertz CT molecular complexity index is 1520. The summed E-state index contributed by atoms with van der Waals surface area (Å²) in [5.74, 6) is 1.99. The Kier molecular flexibility index (Phi) is 12.8. The maximum absolute atomic E-state index is 13.0. The van der Waals surface area contributed by atoms with Crippen molar-refractivity contribution in [1.82, 2.24) is 37.5 Å². The van der Waals surface area contributed by atoms with Gasteiger partial charge in [-0.2, -0.15) is 20.1 Å². The fraction of sp³-hybridized carbons (Fsp3) is 0.385. The minimum absolute atomic E-state index is 0. The molecule has 42 heavy (non-hydrogen) atoms. The van der Waals surface area contributed by atoms with E-state index in [1.807, 2.05) is 4.90 Å². The SMILES string of the molecule is Cl.N.N.NCCN(CCN)c1nc(Nc2ccc(S(=O)(=O)Nc3ccc4cn[nH]c4c3)cc2)nc(C2CCCCC2)n1.[HH].[HH]. The highest BCUT2D eigenvalue weighted by Crippen LogP contribution is 2.32. The third kappa shape index (κ3) is 8.24. The lowest BCUT2D eigenvalue weighted by molar-refractivity contribution is 0.428. The van der Waals surface area contributed by atoms with Crippen LogP contribution in [0, 0.1) is 0 Å². The summed E-state index contributed by atoms with van der Waals surface area (Å²) in [6.45, 7) is 2.06. The lowest BCUT2D eigenvalue weighted by atomic mass is 9.89. The van der Waals surface area contributed by atoms with E-state index in [0.29, 0.717) is 49.5 Å². The zero-order chi connectivity index (χ0) is 27.2. The van der Waals surface area contributed by atoms with Crippen LogP contribution in [0.15, 0.2) is 53.6 Å². The second-order valence-corrected chi connectivity index (χ2v) is 11.3. The number of rotatable bonds is 11. The van der Waals surface area contributed by atoms with Gasteiger partial charge in [-0.3, -0.25) is 9.82 Å². The van der Waals surface area contributed by atoms with Gasteiger partial charge in [0.1, 0.15) is 5.82 Å². The number of hydrogen-bond donors (Lipinski definition) is 7. The smallest absolute Gasteiger partial charge is 0.261 e. The van der Waals surface area contributed by atoms with Crippen molar-refractivity contribution in [3.05, 3.63) is 54.5 Å². The molecule has 1 saturated carbocycles. The molecule has 0 unspecified atom stereocenters. The zero-order valence-electron chi connectivity index (χ0n) is 23.5. The summed E-state index contributed by atoms with van der Waals surface area (Å²) in [5.41, 5.74) is 13.5. The molecule has 0 spiro atoms. The highest BCUT2D eigenvalue weighted by molar-refractivity contribution is 7.92. The predicted octanol–water partition coefficient (Wildman–Crippen LogP) is 4.30. The standard InChI is InChI=1S/C26H34N10O2S.ClH.2H3N.2H2/c27-12-14-36(15-13-28)26-32-24(18-4-2-1-3-5-18)31-25(33-26)30-20-8-10-22(11-9-20)39(37,38)35-21-7-6-19-17-29-34-23(19)16-21;;;;;/h6-11,16-18,35H,1-5,12-15,27-28H2,(H,29,34)(H,30,31,32,33);1H;2*1H3;2*1H. The van der Waals surface area contributed by atoms with Gasteiger partial charge in [-0.25, -0.2) is 8.42 Å². The van der Waals surface area contributed by atoms with Crippen molar-refractivity contribution in [2.75, 3.05) is 41.1 Å². The van der Waals surface area contributed by atoms with Gasteiger partial charge in [-0.15, -0.1) is 12.4 Å². The van der Waals surface area contributed by atoms with Gasteiger partial charge in [-0.1, -0.05) is 19.3 Å². The van der Waals surface area contributed by atoms with E-state index >= 15 is 0 Å². The second kappa shape index (κ2) is 15.6. The molecule has 0 saturated heterocycles. The van der Waals surface area contributed by atoms with Crippen molar-refractivity contribution in [2.45, 2.75) is 42.9 Å². The van der Waals surface area contributed by atoms with Gasteiger partial charge in [0, 0.05) is 46.0 Å². The first-order chi connectivity index (χ1) is 18.9. The van der Waals surface area contributed by atoms with Gasteiger partial charge in [0.2, 0.25) is 11.9 Å². The third-order valence-corrected chi connectivity index (χ3v) is 8.20. The molecule has 13 N–H and O–H groups in total. The summed E-state index contributed by atoms with van der Waals surface area (Å²) in [6.07, 6.45) is 7.31. The van der Waals surface area contributed by atoms with Gasteiger partial charge in [0.25, 0.3) is 10.0 Å². The molecule has 16 heteroatoms. The number of benzene rings is 2. The first-order valence-corrected chi connectivity index (χ1v) is 14.7. The van der Waals surface area contributed by atoms with E-state index < -0.39 is 10.0 Å². The van der Waals surface area contributed by atoms with Crippen LogP contribution in [0.25, 0.3) is 10.9 Å². The van der Waals surface area contributed by atoms with Crippen LogP contribution in [0.4, 0.5) is 23.3 Å². The summed E-state index contributed by atoms with van der Waals surface area (Å²) in [4.78, 5) is 16.3. The number of nitrogens with two attached hydrogens (primary N) is 2. The molecule has 0 bridgehead atoms. The van der Waals surface area contributed by atoms with Crippen LogP contribution in [0.2, 0.25) is 0 Å². The number of hydrogen-bond acceptors (Lipinski definition) is 12. The minimum Gasteiger partial charge on any atom is -0.344 e. The Morgan fingerprint density at radius 3 is 2.26 bits per heavy atom. The number of sulfonamides is 1. The van der Waals surface area contributed by atoms with Gasteiger partial charge in [-0.05, 0) is 55.3 Å². The van der Waals surface area contributed by atoms with Crippen LogP contribution in [-0.4, -0.2) is 59.7 Å². The predicted molar refractivity (Wildman–Crippen MR) is 174 cm³/mol. The van der Waals surface area contributed by atoms with Gasteiger partial charge in [0.15, 0.2) is 0 Å². The Hall–Kier alpha value is -3.60. The fourth-order valence-electron chi connectivity index (χ4n) is 4.81. The van der Waals surface area contributed by atoms with Crippen molar-refractivity contribution in [2.24, 2.45) is 11.5 Å². The Labute approximate surface area is 255 Å². The highest BCUT2D eigenvalue weighted by atomic mass is 35.5. The van der Waals surface area contributed by atoms with Gasteiger partial charge in [0.05, 0.1) is 22.3 Å². The summed E-state index contributed by atoms with van der Waals surface area (Å²) < 4.78 is 28.6. The number of fused-ring (bicyclic) bond motifs is 1. The van der Waals surface area contributed by atoms with Gasteiger partial charge < -0.3 is 34.0 Å². The minimum atomic E-state index is -3.79. The van der Waals surface area contributed by atoms with E-state index in [9.17, 15) is 8.42 Å². The number of H-pyrrole nitrogens is 1. The largest absolute Gasteiger partial charge is 0.344 e. The molecule has 234 valence electrons. The first kappa shape index (κ1) is 34.6. The monoisotopic (exact) mass is 624 g/mol. The van der Waals surface area contributed by atoms with E-state index in [1.54, 1.807) is 48.7 Å². The highest BCUT2D eigenvalue weighted by Gasteiger charge is 2.22. The molecule has 1 fully saturated rings. The van der Waals surface area contributed by atoms with Crippen molar-refractivity contribution in [1.29, 1.82) is 0 Å². The first-order valence-electron chi connectivity index (χ1n) is 13.2. The maximum atomic E-state index is 13.0. The molecule has 2 aromatic carbocycles. The number of halogens is 1. The van der Waals surface area contributed by atoms with Crippen LogP contribution in [0.5, 0.6) is 0 Å². The van der Waals surface area contributed by atoms with E-state index in [2.05, 4.69) is 25.2 Å². The van der Waals surface area contributed by atoms with Crippen molar-refractivity contribution >= 4 is 56.6 Å². The Morgan fingerprint density at radius 2 is 1.60 bits per heavy atom. The van der Waals surface area contributed by atoms with Crippen molar-refractivity contribution in [3.63, 3.8) is 0 Å². The average Bonchev–Trinajstić information content (AvgIpc) is 3.41. The van der Waals surface area contributed by atoms with Crippen LogP contribution in [0.1, 0.15) is 46.7 Å². The molecule has 0 radical (unpaired) electrons. The average molecular weight is 625 g/mol. The maximum Gasteiger partial charge on any atom is 0.261 e. The van der Waals surface area contributed by atoms with E-state index in [0.717, 1.165) is 42.4 Å². The summed E-state index contributed by atoms with van der Waals surface area (Å²) in [5, 5.41) is 10.9. The fourth-order valence-corrected chi connectivity index (χ4v) is 5.86. The molecule has 5 rings (SSSR count). The third-order valence-electron chi connectivity index (χ3n) is 6.81. The summed E-state index contributed by atoms with van der Waals surface area (Å²) in [6, 6.07) is 11.7. The number of anilines is 4. The van der Waals surface area contributed by atoms with Crippen LogP contribution >= 0.6 is 12.4 Å². The molecule has 14 nitrogen and oxygen atoms in total. The van der Waals surface area contributed by atoms with Crippen molar-refractivity contribution < 1.29 is 11.3 Å². The number of aromatic amines is 1. The zero-order valence-corrected chi connectivity index (χ0v) is 25.1.